The van der Waals surface area contributed by atoms with Crippen molar-refractivity contribution in [2.45, 2.75) is 12.5 Å². The number of rotatable bonds is 4. The summed E-state index contributed by atoms with van der Waals surface area (Å²) in [6.07, 6.45) is -0.546. The molecule has 3 rings (SSSR count). The Kier molecular flexibility index (Phi) is 4.23. The number of nitrogens with one attached hydrogen (secondary N) is 1. The second kappa shape index (κ2) is 6.48. The molecule has 0 radical (unpaired) electrons. The number of nitrogens with zero attached hydrogens (tertiary/aromatic N) is 1. The van der Waals surface area contributed by atoms with Crippen LogP contribution < -0.4 is 10.1 Å². The van der Waals surface area contributed by atoms with Crippen LogP contribution in [-0.4, -0.2) is 24.8 Å². The quantitative estimate of drug-likeness (QED) is 0.944. The molecule has 1 amide bonds. The first-order valence-corrected chi connectivity index (χ1v) is 7.10. The maximum absolute atomic E-state index is 13.7. The Balaban J connectivity index is 1.63. The largest absolute Gasteiger partial charge is 0.497 e. The average Bonchev–Trinajstić information content (AvgIpc) is 3.06. The molecule has 0 fully saturated rings. The molecule has 118 valence electrons. The van der Waals surface area contributed by atoms with Gasteiger partial charge in [0.1, 0.15) is 11.6 Å². The van der Waals surface area contributed by atoms with Gasteiger partial charge in [-0.05, 0) is 30.3 Å². The summed E-state index contributed by atoms with van der Waals surface area (Å²) < 4.78 is 18.8. The van der Waals surface area contributed by atoms with Crippen LogP contribution in [0.15, 0.2) is 53.7 Å². The summed E-state index contributed by atoms with van der Waals surface area (Å²) in [5, 5.41) is 6.57. The summed E-state index contributed by atoms with van der Waals surface area (Å²) in [6.45, 7) is 0. The number of anilines is 1. The predicted molar refractivity (Wildman–Crippen MR) is 84.1 cm³/mol. The number of halogens is 1. The van der Waals surface area contributed by atoms with Gasteiger partial charge in [0, 0.05) is 17.7 Å². The Bertz CT molecular complexity index is 744. The fourth-order valence-electron chi connectivity index (χ4n) is 2.27. The van der Waals surface area contributed by atoms with E-state index in [9.17, 15) is 9.18 Å². The van der Waals surface area contributed by atoms with Crippen molar-refractivity contribution in [2.24, 2.45) is 5.16 Å². The molecule has 0 saturated carbocycles. The predicted octanol–water partition coefficient (Wildman–Crippen LogP) is 2.97. The van der Waals surface area contributed by atoms with E-state index in [4.69, 9.17) is 9.57 Å². The summed E-state index contributed by atoms with van der Waals surface area (Å²) in [6, 6.07) is 13.2. The molecule has 1 aliphatic heterocycles. The second-order valence-electron chi connectivity index (χ2n) is 5.03. The summed E-state index contributed by atoms with van der Waals surface area (Å²) in [4.78, 5) is 17.3. The zero-order valence-electron chi connectivity index (χ0n) is 12.5. The number of benzene rings is 2. The lowest BCUT2D eigenvalue weighted by atomic mass is 10.0. The average molecular weight is 314 g/mol. The van der Waals surface area contributed by atoms with Gasteiger partial charge in [0.05, 0.1) is 12.8 Å². The smallest absolute Gasteiger partial charge is 0.268 e. The van der Waals surface area contributed by atoms with Crippen LogP contribution in [0.2, 0.25) is 0 Å². The van der Waals surface area contributed by atoms with Gasteiger partial charge in [0.15, 0.2) is 0 Å². The van der Waals surface area contributed by atoms with Gasteiger partial charge in [-0.25, -0.2) is 4.39 Å². The van der Waals surface area contributed by atoms with Crippen molar-refractivity contribution in [3.05, 3.63) is 59.9 Å². The first kappa shape index (κ1) is 15.0. The number of methoxy groups -OCH3 is 1. The molecular formula is C17H15FN2O3. The van der Waals surface area contributed by atoms with E-state index in [2.05, 4.69) is 10.5 Å². The minimum absolute atomic E-state index is 0.225. The van der Waals surface area contributed by atoms with Gasteiger partial charge in [0.2, 0.25) is 6.10 Å². The molecule has 0 bridgehead atoms. The molecule has 0 saturated heterocycles. The van der Waals surface area contributed by atoms with E-state index in [1.54, 1.807) is 49.6 Å². The molecule has 23 heavy (non-hydrogen) atoms. The fourth-order valence-corrected chi connectivity index (χ4v) is 2.27. The molecule has 1 atom stereocenters. The van der Waals surface area contributed by atoms with Crippen LogP contribution in [0.25, 0.3) is 0 Å². The van der Waals surface area contributed by atoms with Crippen LogP contribution in [0.4, 0.5) is 10.1 Å². The minimum Gasteiger partial charge on any atom is -0.497 e. The molecule has 0 spiro atoms. The van der Waals surface area contributed by atoms with Crippen molar-refractivity contribution < 1.29 is 18.8 Å². The SMILES string of the molecule is COc1ccc(NC(=O)[C@H]2CC(c3ccccc3F)=NO2)cc1. The zero-order valence-corrected chi connectivity index (χ0v) is 12.5. The Hall–Kier alpha value is -2.89. The van der Waals surface area contributed by atoms with Gasteiger partial charge in [-0.2, -0.15) is 0 Å². The molecular weight excluding hydrogens is 299 g/mol. The molecule has 6 heteroatoms. The number of hydrogen-bond donors (Lipinski definition) is 1. The number of oxime groups is 1. The van der Waals surface area contributed by atoms with Crippen LogP contribution in [-0.2, 0) is 9.63 Å². The minimum atomic E-state index is -0.772. The summed E-state index contributed by atoms with van der Waals surface area (Å²) in [5.74, 6) is -0.0124. The zero-order chi connectivity index (χ0) is 16.2. The molecule has 2 aromatic carbocycles. The van der Waals surface area contributed by atoms with E-state index < -0.39 is 6.10 Å². The first-order chi connectivity index (χ1) is 11.2. The van der Waals surface area contributed by atoms with Gasteiger partial charge in [-0.3, -0.25) is 4.79 Å². The van der Waals surface area contributed by atoms with E-state index >= 15 is 0 Å². The van der Waals surface area contributed by atoms with Crippen LogP contribution in [0.3, 0.4) is 0 Å². The van der Waals surface area contributed by atoms with Crippen molar-refractivity contribution in [3.8, 4) is 5.75 Å². The molecule has 1 N–H and O–H groups in total. The summed E-state index contributed by atoms with van der Waals surface area (Å²) >= 11 is 0. The van der Waals surface area contributed by atoms with Gasteiger partial charge in [0.25, 0.3) is 5.91 Å². The van der Waals surface area contributed by atoms with Gasteiger partial charge in [-0.1, -0.05) is 23.4 Å². The molecule has 2 aromatic rings. The summed E-state index contributed by atoms with van der Waals surface area (Å²) in [5.41, 5.74) is 1.41. The van der Waals surface area contributed by atoms with Crippen molar-refractivity contribution in [1.82, 2.24) is 0 Å². The van der Waals surface area contributed by atoms with E-state index in [0.717, 1.165) is 0 Å². The van der Waals surface area contributed by atoms with Crippen molar-refractivity contribution >= 4 is 17.3 Å². The highest BCUT2D eigenvalue weighted by Gasteiger charge is 2.30. The maximum Gasteiger partial charge on any atom is 0.268 e. The third kappa shape index (κ3) is 3.31. The third-order valence-electron chi connectivity index (χ3n) is 3.50. The highest BCUT2D eigenvalue weighted by atomic mass is 19.1. The lowest BCUT2D eigenvalue weighted by molar-refractivity contribution is -0.125. The van der Waals surface area contributed by atoms with E-state index in [1.165, 1.54) is 6.07 Å². The van der Waals surface area contributed by atoms with E-state index in [0.29, 0.717) is 22.7 Å². The monoisotopic (exact) mass is 314 g/mol. The van der Waals surface area contributed by atoms with Gasteiger partial charge in [-0.15, -0.1) is 0 Å². The van der Waals surface area contributed by atoms with E-state index in [-0.39, 0.29) is 18.1 Å². The topological polar surface area (TPSA) is 59.9 Å². The van der Waals surface area contributed by atoms with Crippen molar-refractivity contribution in [2.75, 3.05) is 12.4 Å². The second-order valence-corrected chi connectivity index (χ2v) is 5.03. The molecule has 0 aliphatic carbocycles. The number of carbonyl (C=O) groups excluding carboxylic acids is 1. The number of hydrogen-bond acceptors (Lipinski definition) is 4. The third-order valence-corrected chi connectivity index (χ3v) is 3.50. The van der Waals surface area contributed by atoms with Gasteiger partial charge < -0.3 is 14.9 Å². The molecule has 5 nitrogen and oxygen atoms in total. The maximum atomic E-state index is 13.7. The van der Waals surface area contributed by atoms with Crippen LogP contribution in [0, 0.1) is 5.82 Å². The van der Waals surface area contributed by atoms with Crippen LogP contribution in [0.5, 0.6) is 5.75 Å². The molecule has 0 aromatic heterocycles. The Morgan fingerprint density at radius 3 is 2.70 bits per heavy atom. The lowest BCUT2D eigenvalue weighted by Crippen LogP contribution is -2.28. The molecule has 1 heterocycles. The highest BCUT2D eigenvalue weighted by Crippen LogP contribution is 2.21. The Labute approximate surface area is 132 Å². The number of amides is 1. The molecule has 1 aliphatic rings. The number of carbonyl (C=O) groups is 1. The van der Waals surface area contributed by atoms with Crippen molar-refractivity contribution in [1.29, 1.82) is 0 Å². The molecule has 0 unspecified atom stereocenters. The Morgan fingerprint density at radius 2 is 2.00 bits per heavy atom. The number of ether oxygens (including phenoxy) is 1. The van der Waals surface area contributed by atoms with Crippen molar-refractivity contribution in [3.63, 3.8) is 0 Å². The van der Waals surface area contributed by atoms with Gasteiger partial charge >= 0.3 is 0 Å². The normalized spacial score (nSPS) is 16.4. The highest BCUT2D eigenvalue weighted by molar-refractivity contribution is 6.06. The first-order valence-electron chi connectivity index (χ1n) is 7.10. The fraction of sp³-hybridized carbons (Fsp3) is 0.176. The van der Waals surface area contributed by atoms with Crippen LogP contribution >= 0.6 is 0 Å². The van der Waals surface area contributed by atoms with E-state index in [1.807, 2.05) is 0 Å². The lowest BCUT2D eigenvalue weighted by Gasteiger charge is -2.10. The van der Waals surface area contributed by atoms with Crippen LogP contribution in [0.1, 0.15) is 12.0 Å². The Morgan fingerprint density at radius 1 is 1.26 bits per heavy atom. The standard InChI is InChI=1S/C17H15FN2O3/c1-22-12-8-6-11(7-9-12)19-17(21)16-10-15(20-23-16)13-4-2-3-5-14(13)18/h2-9,16H,10H2,1H3,(H,19,21)/t16-/m1/s1. The summed E-state index contributed by atoms with van der Waals surface area (Å²) in [7, 11) is 1.57.